The Bertz CT molecular complexity index is 1050. The molecule has 2 heterocycles. The standard InChI is InChI=1S/C24H29F2N3O3/c1-13(22-21-16(17-12-24(17,25)26)6-2-8-18(21)27-28-22)11-20(30)29-10-4-7-14-15(23(31)32)5-3-9-19(14)29/h2,6,8,13-15,17,19H,3-5,7,9-12H2,1H3,(H,27,28)(H,31,32). The number of benzene rings is 1. The fourth-order valence-corrected chi connectivity index (χ4v) is 6.10. The number of carboxylic acids is 1. The number of hydrogen-bond acceptors (Lipinski definition) is 3. The number of likely N-dealkylation sites (tertiary alicyclic amines) is 1. The highest BCUT2D eigenvalue weighted by molar-refractivity contribution is 5.87. The van der Waals surface area contributed by atoms with Gasteiger partial charge < -0.3 is 10.0 Å². The molecule has 32 heavy (non-hydrogen) atoms. The molecule has 2 aromatic rings. The second-order valence-corrected chi connectivity index (χ2v) is 9.84. The van der Waals surface area contributed by atoms with Gasteiger partial charge in [-0.15, -0.1) is 0 Å². The van der Waals surface area contributed by atoms with Gasteiger partial charge in [0.05, 0.1) is 23.0 Å². The van der Waals surface area contributed by atoms with Crippen LogP contribution in [0.5, 0.6) is 0 Å². The summed E-state index contributed by atoms with van der Waals surface area (Å²) in [6.07, 6.45) is 4.10. The Labute approximate surface area is 185 Å². The van der Waals surface area contributed by atoms with Crippen LogP contribution in [0, 0.1) is 11.8 Å². The van der Waals surface area contributed by atoms with Crippen molar-refractivity contribution in [3.05, 3.63) is 29.5 Å². The molecule has 0 bridgehead atoms. The number of aromatic nitrogens is 2. The molecule has 2 N–H and O–H groups in total. The van der Waals surface area contributed by atoms with E-state index in [1.165, 1.54) is 0 Å². The highest BCUT2D eigenvalue weighted by atomic mass is 19.3. The molecule has 2 saturated carbocycles. The molecule has 6 nitrogen and oxygen atoms in total. The Morgan fingerprint density at radius 1 is 1.28 bits per heavy atom. The highest BCUT2D eigenvalue weighted by Gasteiger charge is 2.58. The van der Waals surface area contributed by atoms with Crippen molar-refractivity contribution in [3.8, 4) is 0 Å². The lowest BCUT2D eigenvalue weighted by Crippen LogP contribution is -2.53. The van der Waals surface area contributed by atoms with Crippen LogP contribution in [-0.2, 0) is 9.59 Å². The summed E-state index contributed by atoms with van der Waals surface area (Å²) in [5.41, 5.74) is 1.98. The first-order valence-electron chi connectivity index (χ1n) is 11.6. The van der Waals surface area contributed by atoms with E-state index in [0.29, 0.717) is 29.7 Å². The molecule has 3 aliphatic rings. The van der Waals surface area contributed by atoms with Gasteiger partial charge in [-0.2, -0.15) is 5.10 Å². The normalized spacial score (nSPS) is 30.0. The van der Waals surface area contributed by atoms with Crippen molar-refractivity contribution < 1.29 is 23.5 Å². The summed E-state index contributed by atoms with van der Waals surface area (Å²) in [4.78, 5) is 26.9. The first kappa shape index (κ1) is 21.3. The van der Waals surface area contributed by atoms with Crippen molar-refractivity contribution >= 4 is 22.8 Å². The highest BCUT2D eigenvalue weighted by Crippen LogP contribution is 2.57. The third kappa shape index (κ3) is 3.57. The van der Waals surface area contributed by atoms with Crippen molar-refractivity contribution in [2.24, 2.45) is 11.8 Å². The Kier molecular flexibility index (Phi) is 5.21. The number of H-pyrrole nitrogens is 1. The van der Waals surface area contributed by atoms with Crippen molar-refractivity contribution in [1.29, 1.82) is 0 Å². The number of amides is 1. The van der Waals surface area contributed by atoms with E-state index in [1.54, 1.807) is 12.1 Å². The summed E-state index contributed by atoms with van der Waals surface area (Å²) in [7, 11) is 0. The van der Waals surface area contributed by atoms with Crippen LogP contribution >= 0.6 is 0 Å². The number of aliphatic carboxylic acids is 1. The minimum absolute atomic E-state index is 0.00335. The number of nitrogens with one attached hydrogen (secondary N) is 1. The molecule has 1 aromatic heterocycles. The SMILES string of the molecule is CC(CC(=O)N1CCCC2C(C(=O)O)CCCC21)c1n[nH]c2cccc(C3CC3(F)F)c12. The summed E-state index contributed by atoms with van der Waals surface area (Å²) >= 11 is 0. The molecule has 172 valence electrons. The Morgan fingerprint density at radius 3 is 2.78 bits per heavy atom. The number of carbonyl (C=O) groups is 2. The molecular weight excluding hydrogens is 416 g/mol. The lowest BCUT2D eigenvalue weighted by molar-refractivity contribution is -0.152. The zero-order valence-corrected chi connectivity index (χ0v) is 18.2. The number of hydrogen-bond donors (Lipinski definition) is 2. The maximum Gasteiger partial charge on any atom is 0.306 e. The number of aromatic amines is 1. The minimum Gasteiger partial charge on any atom is -0.481 e. The van der Waals surface area contributed by atoms with Crippen LogP contribution in [0.2, 0.25) is 0 Å². The predicted molar refractivity (Wildman–Crippen MR) is 115 cm³/mol. The predicted octanol–water partition coefficient (Wildman–Crippen LogP) is 4.67. The van der Waals surface area contributed by atoms with Gasteiger partial charge >= 0.3 is 5.97 Å². The van der Waals surface area contributed by atoms with Gasteiger partial charge in [0.1, 0.15) is 0 Å². The van der Waals surface area contributed by atoms with Gasteiger partial charge in [0.25, 0.3) is 5.92 Å². The van der Waals surface area contributed by atoms with Crippen LogP contribution in [0.25, 0.3) is 10.9 Å². The monoisotopic (exact) mass is 445 g/mol. The molecule has 5 rings (SSSR count). The maximum atomic E-state index is 13.8. The zero-order chi connectivity index (χ0) is 22.6. The third-order valence-electron chi connectivity index (χ3n) is 7.80. The molecule has 3 fully saturated rings. The summed E-state index contributed by atoms with van der Waals surface area (Å²) in [5, 5.41) is 17.7. The number of carboxylic acid groups (broad SMARTS) is 1. The van der Waals surface area contributed by atoms with Crippen molar-refractivity contribution in [1.82, 2.24) is 15.1 Å². The first-order valence-corrected chi connectivity index (χ1v) is 11.6. The minimum atomic E-state index is -2.67. The molecule has 1 aliphatic heterocycles. The molecule has 1 saturated heterocycles. The zero-order valence-electron chi connectivity index (χ0n) is 18.2. The summed E-state index contributed by atoms with van der Waals surface area (Å²) in [6, 6.07) is 5.31. The number of rotatable bonds is 5. The quantitative estimate of drug-likeness (QED) is 0.700. The van der Waals surface area contributed by atoms with Gasteiger partial charge in [0, 0.05) is 36.7 Å². The average Bonchev–Trinajstić information content (AvgIpc) is 3.19. The lowest BCUT2D eigenvalue weighted by Gasteiger charge is -2.46. The third-order valence-corrected chi connectivity index (χ3v) is 7.80. The molecular formula is C24H29F2N3O3. The Morgan fingerprint density at radius 2 is 2.06 bits per heavy atom. The molecule has 8 heteroatoms. The second kappa shape index (κ2) is 7.81. The van der Waals surface area contributed by atoms with Gasteiger partial charge in [-0.3, -0.25) is 14.7 Å². The van der Waals surface area contributed by atoms with Gasteiger partial charge in [0.15, 0.2) is 0 Å². The van der Waals surface area contributed by atoms with E-state index in [4.69, 9.17) is 0 Å². The molecule has 1 amide bonds. The van der Waals surface area contributed by atoms with Gasteiger partial charge in [-0.1, -0.05) is 25.5 Å². The lowest BCUT2D eigenvalue weighted by atomic mass is 9.71. The summed E-state index contributed by atoms with van der Waals surface area (Å²) < 4.78 is 27.6. The number of carbonyl (C=O) groups excluding carboxylic acids is 1. The van der Waals surface area contributed by atoms with E-state index < -0.39 is 17.8 Å². The number of piperidine rings is 1. The first-order chi connectivity index (χ1) is 15.3. The fourth-order valence-electron chi connectivity index (χ4n) is 6.10. The smallest absolute Gasteiger partial charge is 0.306 e. The molecule has 0 radical (unpaired) electrons. The average molecular weight is 446 g/mol. The molecule has 5 atom stereocenters. The number of nitrogens with zero attached hydrogens (tertiary/aromatic N) is 2. The van der Waals surface area contributed by atoms with E-state index in [2.05, 4.69) is 10.2 Å². The number of alkyl halides is 2. The molecule has 5 unspecified atom stereocenters. The maximum absolute atomic E-state index is 13.8. The van der Waals surface area contributed by atoms with Crippen LogP contribution in [0.1, 0.15) is 75.0 Å². The van der Waals surface area contributed by atoms with Crippen molar-refractivity contribution in [2.75, 3.05) is 6.54 Å². The van der Waals surface area contributed by atoms with Gasteiger partial charge in [-0.25, -0.2) is 8.78 Å². The molecule has 1 aromatic carbocycles. The van der Waals surface area contributed by atoms with Crippen LogP contribution in [0.15, 0.2) is 18.2 Å². The summed E-state index contributed by atoms with van der Waals surface area (Å²) in [6.45, 7) is 2.57. The topological polar surface area (TPSA) is 86.3 Å². The Hall–Kier alpha value is -2.51. The van der Waals surface area contributed by atoms with Gasteiger partial charge in [0.2, 0.25) is 5.91 Å². The van der Waals surface area contributed by atoms with E-state index in [9.17, 15) is 23.5 Å². The van der Waals surface area contributed by atoms with Crippen LogP contribution < -0.4 is 0 Å². The number of halogens is 2. The van der Waals surface area contributed by atoms with E-state index >= 15 is 0 Å². The van der Waals surface area contributed by atoms with Crippen LogP contribution in [0.3, 0.4) is 0 Å². The van der Waals surface area contributed by atoms with Crippen LogP contribution in [0.4, 0.5) is 8.78 Å². The molecule has 2 aliphatic carbocycles. The van der Waals surface area contributed by atoms with Crippen LogP contribution in [-0.4, -0.2) is 50.6 Å². The van der Waals surface area contributed by atoms with E-state index in [-0.39, 0.29) is 42.5 Å². The number of fused-ring (bicyclic) bond motifs is 2. The molecule has 0 spiro atoms. The van der Waals surface area contributed by atoms with E-state index in [1.807, 2.05) is 17.9 Å². The largest absolute Gasteiger partial charge is 0.481 e. The van der Waals surface area contributed by atoms with Crippen molar-refractivity contribution in [3.63, 3.8) is 0 Å². The van der Waals surface area contributed by atoms with Gasteiger partial charge in [-0.05, 0) is 43.2 Å². The summed E-state index contributed by atoms with van der Waals surface area (Å²) in [5.74, 6) is -4.80. The Balaban J connectivity index is 1.36. The second-order valence-electron chi connectivity index (χ2n) is 9.84. The fraction of sp³-hybridized carbons (Fsp3) is 0.625. The van der Waals surface area contributed by atoms with E-state index in [0.717, 1.165) is 31.1 Å². The van der Waals surface area contributed by atoms with Crippen molar-refractivity contribution in [2.45, 2.75) is 75.7 Å².